The summed E-state index contributed by atoms with van der Waals surface area (Å²) >= 11 is 0. The van der Waals surface area contributed by atoms with Crippen molar-refractivity contribution < 1.29 is 9.59 Å². The minimum atomic E-state index is -0.207. The van der Waals surface area contributed by atoms with Crippen LogP contribution in [0.4, 0.5) is 5.69 Å². The first-order valence-corrected chi connectivity index (χ1v) is 9.18. The number of nitrogens with two attached hydrogens (primary N) is 1. The zero-order chi connectivity index (χ0) is 17.6. The van der Waals surface area contributed by atoms with E-state index in [2.05, 4.69) is 34.5 Å². The van der Waals surface area contributed by atoms with Gasteiger partial charge in [-0.15, -0.1) is 0 Å². The minimum Gasteiger partial charge on any atom is -0.371 e. The molecule has 134 valence electrons. The van der Waals surface area contributed by atoms with Gasteiger partial charge in [-0.3, -0.25) is 9.59 Å². The number of amides is 2. The molecule has 1 fully saturated rings. The molecule has 0 saturated carbocycles. The molecule has 1 aliphatic heterocycles. The van der Waals surface area contributed by atoms with E-state index in [1.54, 1.807) is 0 Å². The molecule has 0 unspecified atom stereocenters. The van der Waals surface area contributed by atoms with Gasteiger partial charge in [-0.2, -0.15) is 0 Å². The third-order valence-corrected chi connectivity index (χ3v) is 5.17. The van der Waals surface area contributed by atoms with E-state index >= 15 is 0 Å². The minimum absolute atomic E-state index is 0.0580. The maximum absolute atomic E-state index is 12.0. The number of allylic oxidation sites excluding steroid dienone is 2. The molecule has 0 spiro atoms. The van der Waals surface area contributed by atoms with Crippen LogP contribution in [0.2, 0.25) is 0 Å². The van der Waals surface area contributed by atoms with Crippen molar-refractivity contribution in [1.82, 2.24) is 5.32 Å². The van der Waals surface area contributed by atoms with E-state index in [1.165, 1.54) is 0 Å². The van der Waals surface area contributed by atoms with E-state index in [1.807, 2.05) is 12.1 Å². The molecule has 3 rings (SSSR count). The second kappa shape index (κ2) is 8.19. The maximum atomic E-state index is 12.0. The normalized spacial score (nSPS) is 22.8. The van der Waals surface area contributed by atoms with Gasteiger partial charge in [0.25, 0.3) is 0 Å². The van der Waals surface area contributed by atoms with Crippen molar-refractivity contribution in [3.8, 4) is 0 Å². The van der Waals surface area contributed by atoms with Crippen molar-refractivity contribution in [3.63, 3.8) is 0 Å². The van der Waals surface area contributed by atoms with Crippen LogP contribution in [0, 0.1) is 11.8 Å². The zero-order valence-electron chi connectivity index (χ0n) is 14.6. The number of carbonyl (C=O) groups is 2. The van der Waals surface area contributed by atoms with Crippen molar-refractivity contribution in [3.05, 3.63) is 42.0 Å². The molecular weight excluding hydrogens is 314 g/mol. The molecule has 1 aromatic rings. The van der Waals surface area contributed by atoms with Crippen LogP contribution in [0.1, 0.15) is 37.7 Å². The lowest BCUT2D eigenvalue weighted by atomic mass is 9.97. The van der Waals surface area contributed by atoms with Crippen LogP contribution in [0.15, 0.2) is 36.4 Å². The molecule has 5 heteroatoms. The van der Waals surface area contributed by atoms with Gasteiger partial charge in [-0.05, 0) is 49.3 Å². The molecule has 2 atom stereocenters. The quantitative estimate of drug-likeness (QED) is 0.780. The molecular formula is C20H27N3O2. The number of nitrogens with zero attached hydrogens (tertiary/aromatic N) is 1. The Morgan fingerprint density at radius 1 is 1.20 bits per heavy atom. The lowest BCUT2D eigenvalue weighted by Gasteiger charge is -2.33. The summed E-state index contributed by atoms with van der Waals surface area (Å²) in [6.45, 7) is 2.20. The number of hydrogen-bond acceptors (Lipinski definition) is 3. The van der Waals surface area contributed by atoms with E-state index in [0.717, 1.165) is 43.5 Å². The Balaban J connectivity index is 1.49. The second-order valence-electron chi connectivity index (χ2n) is 7.10. The molecule has 0 aromatic heterocycles. The van der Waals surface area contributed by atoms with Gasteiger partial charge in [0.1, 0.15) is 0 Å². The summed E-state index contributed by atoms with van der Waals surface area (Å²) in [5, 5.41) is 3.00. The molecule has 2 amide bonds. The highest BCUT2D eigenvalue weighted by Gasteiger charge is 2.24. The monoisotopic (exact) mass is 341 g/mol. The third-order valence-electron chi connectivity index (χ3n) is 5.17. The highest BCUT2D eigenvalue weighted by Crippen LogP contribution is 2.23. The lowest BCUT2D eigenvalue weighted by molar-refractivity contribution is -0.122. The highest BCUT2D eigenvalue weighted by molar-refractivity contribution is 5.77. The summed E-state index contributed by atoms with van der Waals surface area (Å²) in [5.74, 6) is 0.249. The number of carbonyl (C=O) groups excluding carboxylic acids is 2. The summed E-state index contributed by atoms with van der Waals surface area (Å²) in [6, 6.07) is 8.20. The van der Waals surface area contributed by atoms with Gasteiger partial charge in [0, 0.05) is 31.7 Å². The van der Waals surface area contributed by atoms with Crippen LogP contribution in [0.25, 0.3) is 0 Å². The van der Waals surface area contributed by atoms with Crippen molar-refractivity contribution >= 4 is 17.5 Å². The molecule has 1 saturated heterocycles. The number of piperidine rings is 1. The van der Waals surface area contributed by atoms with Crippen LogP contribution < -0.4 is 16.0 Å². The van der Waals surface area contributed by atoms with E-state index in [9.17, 15) is 9.59 Å². The number of primary amides is 1. The van der Waals surface area contributed by atoms with E-state index < -0.39 is 0 Å². The Bertz CT molecular complexity index is 639. The number of benzene rings is 1. The SMILES string of the molecule is NC(=O)[C@H]1CCCN(c2ccc(CNC(=O)C[C@H]3C=CCC3)cc2)C1. The first kappa shape index (κ1) is 17.5. The van der Waals surface area contributed by atoms with Crippen LogP contribution in [0.5, 0.6) is 0 Å². The summed E-state index contributed by atoms with van der Waals surface area (Å²) < 4.78 is 0. The Kier molecular flexibility index (Phi) is 5.74. The summed E-state index contributed by atoms with van der Waals surface area (Å²) in [7, 11) is 0. The summed E-state index contributed by atoms with van der Waals surface area (Å²) in [4.78, 5) is 25.6. The average molecular weight is 341 g/mol. The number of hydrogen-bond donors (Lipinski definition) is 2. The number of anilines is 1. The van der Waals surface area contributed by atoms with Gasteiger partial charge in [-0.1, -0.05) is 24.3 Å². The van der Waals surface area contributed by atoms with Gasteiger partial charge < -0.3 is 16.0 Å². The third kappa shape index (κ3) is 4.84. The molecule has 3 N–H and O–H groups in total. The lowest BCUT2D eigenvalue weighted by Crippen LogP contribution is -2.41. The Labute approximate surface area is 149 Å². The first-order chi connectivity index (χ1) is 12.1. The molecule has 2 aliphatic rings. The van der Waals surface area contributed by atoms with Gasteiger partial charge >= 0.3 is 0 Å². The predicted molar refractivity (Wildman–Crippen MR) is 98.9 cm³/mol. The van der Waals surface area contributed by atoms with Gasteiger partial charge in [0.05, 0.1) is 5.92 Å². The van der Waals surface area contributed by atoms with Crippen LogP contribution in [-0.2, 0) is 16.1 Å². The van der Waals surface area contributed by atoms with Crippen molar-refractivity contribution in [2.24, 2.45) is 17.6 Å². The largest absolute Gasteiger partial charge is 0.371 e. The highest BCUT2D eigenvalue weighted by atomic mass is 16.2. The van der Waals surface area contributed by atoms with Crippen LogP contribution in [-0.4, -0.2) is 24.9 Å². The van der Waals surface area contributed by atoms with Crippen LogP contribution >= 0.6 is 0 Å². The second-order valence-corrected chi connectivity index (χ2v) is 7.10. The maximum Gasteiger partial charge on any atom is 0.222 e. The van der Waals surface area contributed by atoms with E-state index in [4.69, 9.17) is 5.73 Å². The fourth-order valence-corrected chi connectivity index (χ4v) is 3.64. The van der Waals surface area contributed by atoms with Crippen molar-refractivity contribution in [1.29, 1.82) is 0 Å². The smallest absolute Gasteiger partial charge is 0.222 e. The fraction of sp³-hybridized carbons (Fsp3) is 0.500. The van der Waals surface area contributed by atoms with E-state index in [0.29, 0.717) is 25.4 Å². The zero-order valence-corrected chi connectivity index (χ0v) is 14.6. The van der Waals surface area contributed by atoms with Gasteiger partial charge in [-0.25, -0.2) is 0 Å². The molecule has 1 aromatic carbocycles. The number of rotatable bonds is 6. The Morgan fingerprint density at radius 3 is 2.68 bits per heavy atom. The molecule has 1 aliphatic carbocycles. The van der Waals surface area contributed by atoms with Crippen molar-refractivity contribution in [2.75, 3.05) is 18.0 Å². The van der Waals surface area contributed by atoms with Crippen molar-refractivity contribution in [2.45, 2.75) is 38.6 Å². The summed E-state index contributed by atoms with van der Waals surface area (Å²) in [5.41, 5.74) is 7.64. The molecule has 25 heavy (non-hydrogen) atoms. The molecule has 0 bridgehead atoms. The Hall–Kier alpha value is -2.30. The number of nitrogens with one attached hydrogen (secondary N) is 1. The average Bonchev–Trinajstić information content (AvgIpc) is 3.13. The predicted octanol–water partition coefficient (Wildman–Crippen LogP) is 2.36. The standard InChI is InChI=1S/C20H27N3O2/c21-20(25)17-6-3-11-23(14-17)18-9-7-16(8-10-18)13-22-19(24)12-15-4-1-2-5-15/h1,4,7-10,15,17H,2-3,5-6,11-14H2,(H2,21,25)(H,22,24)/t15-,17-/m0/s1. The molecule has 0 radical (unpaired) electrons. The molecule has 5 nitrogen and oxygen atoms in total. The summed E-state index contributed by atoms with van der Waals surface area (Å²) in [6.07, 6.45) is 8.92. The topological polar surface area (TPSA) is 75.4 Å². The molecule has 1 heterocycles. The fourth-order valence-electron chi connectivity index (χ4n) is 3.64. The van der Waals surface area contributed by atoms with Gasteiger partial charge in [0.15, 0.2) is 0 Å². The van der Waals surface area contributed by atoms with Crippen LogP contribution in [0.3, 0.4) is 0 Å². The first-order valence-electron chi connectivity index (χ1n) is 9.18. The Morgan fingerprint density at radius 2 is 2.00 bits per heavy atom. The van der Waals surface area contributed by atoms with Gasteiger partial charge in [0.2, 0.25) is 11.8 Å². The van der Waals surface area contributed by atoms with E-state index in [-0.39, 0.29) is 17.7 Å².